The minimum absolute atomic E-state index is 0. The number of ether oxygens (including phenoxy) is 1. The summed E-state index contributed by atoms with van der Waals surface area (Å²) in [5.74, 6) is 2.63. The van der Waals surface area contributed by atoms with E-state index in [1.807, 2.05) is 25.1 Å². The number of aldehydes is 1. The highest BCUT2D eigenvalue weighted by atomic mass is 16.5. The first-order valence-corrected chi connectivity index (χ1v) is 13.1. The summed E-state index contributed by atoms with van der Waals surface area (Å²) in [7, 11) is 2.12. The number of nitrogens with zero attached hydrogens (tertiary/aromatic N) is 4. The molecule has 2 aliphatic heterocycles. The average molecular weight is 502 g/mol. The smallest absolute Gasteiger partial charge is 0.324 e. The summed E-state index contributed by atoms with van der Waals surface area (Å²) in [5, 5.41) is 4.05. The van der Waals surface area contributed by atoms with Crippen molar-refractivity contribution < 1.29 is 14.1 Å². The van der Waals surface area contributed by atoms with Crippen LogP contribution in [0.3, 0.4) is 0 Å². The lowest BCUT2D eigenvalue weighted by molar-refractivity contribution is 0.112. The quantitative estimate of drug-likeness (QED) is 0.396. The van der Waals surface area contributed by atoms with Crippen molar-refractivity contribution in [2.75, 3.05) is 44.7 Å². The van der Waals surface area contributed by atoms with Crippen molar-refractivity contribution in [1.29, 1.82) is 0 Å². The van der Waals surface area contributed by atoms with E-state index in [1.54, 1.807) is 0 Å². The van der Waals surface area contributed by atoms with Gasteiger partial charge in [0.05, 0.1) is 6.61 Å². The monoisotopic (exact) mass is 501 g/mol. The number of hydrogen-bond donors (Lipinski definition) is 1. The van der Waals surface area contributed by atoms with E-state index in [1.165, 1.54) is 25.8 Å². The lowest BCUT2D eigenvalue weighted by Gasteiger charge is -2.30. The maximum Gasteiger partial charge on any atom is 0.324 e. The van der Waals surface area contributed by atoms with Gasteiger partial charge in [-0.25, -0.2) is 0 Å². The molecule has 1 aromatic carbocycles. The molecule has 0 aliphatic carbocycles. The predicted octanol–water partition coefficient (Wildman–Crippen LogP) is 5.06. The van der Waals surface area contributed by atoms with Gasteiger partial charge in [-0.2, -0.15) is 4.98 Å². The predicted molar refractivity (Wildman–Crippen MR) is 146 cm³/mol. The largest absolute Gasteiger partial charge is 0.494 e. The standard InChI is InChI=1S/C21H29N3O3.C6H14N2.CH4/c1-15(2)20-22-21(27-23-20)24-10-8-17(9-11-24)5-4-12-26-19-7-6-18(14-25)16(3)13-19;1-8-4-2-3-6(7)5-8;/h6-7,13-15,17H,4-5,8-12H2,1-3H3;6H,2-5,7H2,1H3;1H4. The fourth-order valence-corrected chi connectivity index (χ4v) is 4.64. The highest BCUT2D eigenvalue weighted by Gasteiger charge is 2.23. The Morgan fingerprint density at radius 3 is 2.53 bits per heavy atom. The van der Waals surface area contributed by atoms with Crippen LogP contribution in [0.2, 0.25) is 0 Å². The molecule has 2 fully saturated rings. The van der Waals surface area contributed by atoms with Crippen LogP contribution < -0.4 is 15.4 Å². The number of hydrogen-bond acceptors (Lipinski definition) is 8. The third-order valence-electron chi connectivity index (χ3n) is 6.89. The van der Waals surface area contributed by atoms with Gasteiger partial charge in [0.2, 0.25) is 0 Å². The van der Waals surface area contributed by atoms with E-state index in [0.29, 0.717) is 24.6 Å². The van der Waals surface area contributed by atoms with Gasteiger partial charge in [0.25, 0.3) is 0 Å². The second kappa shape index (κ2) is 15.0. The van der Waals surface area contributed by atoms with Gasteiger partial charge in [-0.05, 0) is 88.7 Å². The van der Waals surface area contributed by atoms with E-state index in [-0.39, 0.29) is 7.43 Å². The second-order valence-corrected chi connectivity index (χ2v) is 10.3. The third-order valence-corrected chi connectivity index (χ3v) is 6.89. The number of likely N-dealkylation sites (N-methyl/N-ethyl adjacent to an activating group) is 1. The van der Waals surface area contributed by atoms with Gasteiger partial charge in [-0.15, -0.1) is 0 Å². The molecule has 36 heavy (non-hydrogen) atoms. The minimum atomic E-state index is 0. The topological polar surface area (TPSA) is 97.7 Å². The lowest BCUT2D eigenvalue weighted by atomic mass is 9.92. The highest BCUT2D eigenvalue weighted by Crippen LogP contribution is 2.26. The SMILES string of the molecule is C.CN1CCCC(N)C1.Cc1cc(OCCCC2CCN(c3nc(C(C)C)no3)CC2)ccc1C=O. The number of likely N-dealkylation sites (tertiary alicyclic amines) is 1. The number of carbonyl (C=O) groups excluding carboxylic acids is 1. The fraction of sp³-hybridized carbons (Fsp3) is 0.679. The molecular weight excluding hydrogens is 454 g/mol. The van der Waals surface area contributed by atoms with Crippen molar-refractivity contribution in [3.8, 4) is 5.75 Å². The molecule has 2 N–H and O–H groups in total. The zero-order valence-electron chi connectivity index (χ0n) is 21.9. The van der Waals surface area contributed by atoms with Crippen LogP contribution in [-0.2, 0) is 0 Å². The molecule has 8 nitrogen and oxygen atoms in total. The first kappa shape index (κ1) is 29.8. The van der Waals surface area contributed by atoms with Crippen LogP contribution in [-0.4, -0.2) is 67.2 Å². The van der Waals surface area contributed by atoms with Crippen LogP contribution in [0.1, 0.15) is 87.5 Å². The summed E-state index contributed by atoms with van der Waals surface area (Å²) in [6, 6.07) is 6.71. The summed E-state index contributed by atoms with van der Waals surface area (Å²) < 4.78 is 11.2. The molecule has 202 valence electrons. The van der Waals surface area contributed by atoms with Gasteiger partial charge in [0.1, 0.15) is 12.0 Å². The van der Waals surface area contributed by atoms with Crippen LogP contribution in [0.4, 0.5) is 6.01 Å². The molecule has 0 bridgehead atoms. The molecule has 0 amide bonds. The molecule has 1 aromatic heterocycles. The Morgan fingerprint density at radius 1 is 1.22 bits per heavy atom. The van der Waals surface area contributed by atoms with Gasteiger partial charge >= 0.3 is 6.01 Å². The zero-order valence-corrected chi connectivity index (χ0v) is 21.9. The van der Waals surface area contributed by atoms with Crippen molar-refractivity contribution in [3.05, 3.63) is 35.2 Å². The molecule has 1 unspecified atom stereocenters. The molecular formula is C28H47N5O3. The molecule has 0 spiro atoms. The molecule has 0 saturated carbocycles. The fourth-order valence-electron chi connectivity index (χ4n) is 4.64. The van der Waals surface area contributed by atoms with Crippen LogP contribution >= 0.6 is 0 Å². The number of benzene rings is 1. The number of carbonyl (C=O) groups is 1. The Bertz CT molecular complexity index is 900. The summed E-state index contributed by atoms with van der Waals surface area (Å²) in [4.78, 5) is 19.8. The number of anilines is 1. The molecule has 2 aromatic rings. The van der Waals surface area contributed by atoms with E-state index in [0.717, 1.165) is 73.8 Å². The van der Waals surface area contributed by atoms with Gasteiger partial charge < -0.3 is 24.8 Å². The Morgan fingerprint density at radius 2 is 1.97 bits per heavy atom. The number of aromatic nitrogens is 2. The van der Waals surface area contributed by atoms with Gasteiger partial charge in [-0.1, -0.05) is 26.4 Å². The van der Waals surface area contributed by atoms with Gasteiger partial charge in [0, 0.05) is 37.2 Å². The normalized spacial score (nSPS) is 18.8. The van der Waals surface area contributed by atoms with Crippen LogP contribution in [0.25, 0.3) is 0 Å². The van der Waals surface area contributed by atoms with Crippen molar-refractivity contribution in [2.45, 2.75) is 78.7 Å². The maximum absolute atomic E-state index is 10.9. The molecule has 3 heterocycles. The molecule has 2 aliphatic rings. The van der Waals surface area contributed by atoms with Crippen molar-refractivity contribution in [3.63, 3.8) is 0 Å². The van der Waals surface area contributed by atoms with E-state index < -0.39 is 0 Å². The van der Waals surface area contributed by atoms with Crippen molar-refractivity contribution in [2.24, 2.45) is 11.7 Å². The van der Waals surface area contributed by atoms with E-state index in [4.69, 9.17) is 15.0 Å². The Balaban J connectivity index is 0.000000433. The third kappa shape index (κ3) is 9.21. The van der Waals surface area contributed by atoms with Gasteiger partial charge in [-0.3, -0.25) is 4.79 Å². The number of aryl methyl sites for hydroxylation is 1. The number of nitrogens with two attached hydrogens (primary N) is 1. The first-order chi connectivity index (χ1) is 16.9. The van der Waals surface area contributed by atoms with E-state index in [9.17, 15) is 4.79 Å². The summed E-state index contributed by atoms with van der Waals surface area (Å²) in [5.41, 5.74) is 7.36. The molecule has 4 rings (SSSR count). The first-order valence-electron chi connectivity index (χ1n) is 13.1. The van der Waals surface area contributed by atoms with Crippen molar-refractivity contribution >= 4 is 12.3 Å². The zero-order chi connectivity index (χ0) is 25.2. The Hall–Kier alpha value is -2.45. The Labute approximate surface area is 217 Å². The summed E-state index contributed by atoms with van der Waals surface area (Å²) in [6.07, 6.45) is 7.86. The summed E-state index contributed by atoms with van der Waals surface area (Å²) >= 11 is 0. The number of piperidine rings is 2. The minimum Gasteiger partial charge on any atom is -0.494 e. The van der Waals surface area contributed by atoms with Crippen LogP contribution in [0.15, 0.2) is 22.7 Å². The van der Waals surface area contributed by atoms with E-state index in [2.05, 4.69) is 40.8 Å². The Kier molecular flexibility index (Phi) is 12.4. The molecule has 1 atom stereocenters. The number of rotatable bonds is 8. The molecule has 2 saturated heterocycles. The van der Waals surface area contributed by atoms with Crippen LogP contribution in [0.5, 0.6) is 5.75 Å². The lowest BCUT2D eigenvalue weighted by Crippen LogP contribution is -2.40. The summed E-state index contributed by atoms with van der Waals surface area (Å²) in [6.45, 7) is 11.0. The van der Waals surface area contributed by atoms with Crippen molar-refractivity contribution in [1.82, 2.24) is 15.0 Å². The average Bonchev–Trinajstić information content (AvgIpc) is 3.33. The highest BCUT2D eigenvalue weighted by molar-refractivity contribution is 5.77. The molecule has 0 radical (unpaired) electrons. The van der Waals surface area contributed by atoms with Crippen LogP contribution in [0, 0.1) is 12.8 Å². The second-order valence-electron chi connectivity index (χ2n) is 10.3. The molecule has 8 heteroatoms. The van der Waals surface area contributed by atoms with E-state index >= 15 is 0 Å². The maximum atomic E-state index is 10.9. The van der Waals surface area contributed by atoms with Gasteiger partial charge in [0.15, 0.2) is 5.82 Å².